The highest BCUT2D eigenvalue weighted by Crippen LogP contribution is 2.31. The minimum atomic E-state index is -0.555. The number of hydrogen-bond acceptors (Lipinski definition) is 6. The molecule has 0 atom stereocenters. The number of aromatic hydroxyl groups is 1. The van der Waals surface area contributed by atoms with E-state index in [2.05, 4.69) is 5.32 Å². The number of amides is 2. The van der Waals surface area contributed by atoms with Crippen molar-refractivity contribution in [3.05, 3.63) is 57.6 Å². The molecule has 0 unspecified atom stereocenters. The Kier molecular flexibility index (Phi) is 5.67. The molecular formula is C20H22N4O5. The SMILES string of the molecule is CC(=O)N1CCN(c2ccc(C(=O)Nc3ccc(C)cc3O)cc2[N+](=O)[O-])CC1. The predicted molar refractivity (Wildman–Crippen MR) is 108 cm³/mol. The van der Waals surface area contributed by atoms with Gasteiger partial charge in [-0.15, -0.1) is 0 Å². The van der Waals surface area contributed by atoms with Crippen molar-refractivity contribution in [1.82, 2.24) is 4.90 Å². The second-order valence-electron chi connectivity index (χ2n) is 6.93. The lowest BCUT2D eigenvalue weighted by Crippen LogP contribution is -2.48. The number of rotatable bonds is 4. The molecule has 3 rings (SSSR count). The number of phenolic OH excluding ortho intramolecular Hbond substituents is 1. The summed E-state index contributed by atoms with van der Waals surface area (Å²) < 4.78 is 0. The highest BCUT2D eigenvalue weighted by Gasteiger charge is 2.26. The molecule has 0 saturated carbocycles. The fourth-order valence-electron chi connectivity index (χ4n) is 3.28. The van der Waals surface area contributed by atoms with Crippen LogP contribution in [0, 0.1) is 17.0 Å². The van der Waals surface area contributed by atoms with Crippen LogP contribution in [0.4, 0.5) is 17.1 Å². The number of nitro groups is 1. The zero-order valence-corrected chi connectivity index (χ0v) is 16.2. The van der Waals surface area contributed by atoms with E-state index in [0.29, 0.717) is 31.9 Å². The largest absolute Gasteiger partial charge is 0.506 e. The van der Waals surface area contributed by atoms with Crippen molar-refractivity contribution in [3.63, 3.8) is 0 Å². The van der Waals surface area contributed by atoms with Gasteiger partial charge in [-0.05, 0) is 36.8 Å². The van der Waals surface area contributed by atoms with E-state index in [4.69, 9.17) is 0 Å². The van der Waals surface area contributed by atoms with Crippen LogP contribution in [0.1, 0.15) is 22.8 Å². The topological polar surface area (TPSA) is 116 Å². The minimum absolute atomic E-state index is 0.0227. The molecule has 2 N–H and O–H groups in total. The first-order valence-corrected chi connectivity index (χ1v) is 9.16. The van der Waals surface area contributed by atoms with Gasteiger partial charge in [0.05, 0.1) is 10.6 Å². The molecule has 2 amide bonds. The van der Waals surface area contributed by atoms with Crippen LogP contribution < -0.4 is 10.2 Å². The number of aryl methyl sites for hydroxylation is 1. The molecule has 2 aromatic rings. The average molecular weight is 398 g/mol. The summed E-state index contributed by atoms with van der Waals surface area (Å²) in [5, 5.41) is 24.1. The maximum atomic E-state index is 12.5. The molecule has 1 saturated heterocycles. The van der Waals surface area contributed by atoms with Gasteiger partial charge in [-0.25, -0.2) is 0 Å². The van der Waals surface area contributed by atoms with E-state index >= 15 is 0 Å². The number of piperazine rings is 1. The molecule has 0 aromatic heterocycles. The number of benzene rings is 2. The third-order valence-corrected chi connectivity index (χ3v) is 4.90. The molecule has 1 fully saturated rings. The van der Waals surface area contributed by atoms with Gasteiger partial charge in [0.1, 0.15) is 11.4 Å². The van der Waals surface area contributed by atoms with E-state index in [1.165, 1.54) is 25.1 Å². The van der Waals surface area contributed by atoms with Crippen molar-refractivity contribution < 1.29 is 19.6 Å². The lowest BCUT2D eigenvalue weighted by Gasteiger charge is -2.35. The highest BCUT2D eigenvalue weighted by atomic mass is 16.6. The molecule has 0 bridgehead atoms. The molecule has 152 valence electrons. The Hall–Kier alpha value is -3.62. The zero-order valence-electron chi connectivity index (χ0n) is 16.2. The molecule has 0 spiro atoms. The fourth-order valence-corrected chi connectivity index (χ4v) is 3.28. The Morgan fingerprint density at radius 3 is 2.38 bits per heavy atom. The number of nitrogens with one attached hydrogen (secondary N) is 1. The first-order chi connectivity index (χ1) is 13.8. The predicted octanol–water partition coefficient (Wildman–Crippen LogP) is 2.53. The van der Waals surface area contributed by atoms with Gasteiger partial charge >= 0.3 is 0 Å². The van der Waals surface area contributed by atoms with Crippen LogP contribution in [-0.2, 0) is 4.79 Å². The molecule has 1 aliphatic rings. The number of hydrogen-bond donors (Lipinski definition) is 2. The van der Waals surface area contributed by atoms with E-state index in [0.717, 1.165) is 5.56 Å². The van der Waals surface area contributed by atoms with Crippen LogP contribution in [-0.4, -0.2) is 52.9 Å². The van der Waals surface area contributed by atoms with Crippen molar-refractivity contribution in [2.45, 2.75) is 13.8 Å². The van der Waals surface area contributed by atoms with Gasteiger partial charge in [0.2, 0.25) is 5.91 Å². The lowest BCUT2D eigenvalue weighted by atomic mass is 10.1. The molecule has 9 nitrogen and oxygen atoms in total. The van der Waals surface area contributed by atoms with Crippen LogP contribution in [0.3, 0.4) is 0 Å². The van der Waals surface area contributed by atoms with E-state index in [1.54, 1.807) is 23.1 Å². The van der Waals surface area contributed by atoms with Gasteiger partial charge in [-0.1, -0.05) is 6.07 Å². The Morgan fingerprint density at radius 1 is 1.10 bits per heavy atom. The number of nitrogens with zero attached hydrogens (tertiary/aromatic N) is 3. The summed E-state index contributed by atoms with van der Waals surface area (Å²) in [6.45, 7) is 5.23. The second kappa shape index (κ2) is 8.17. The van der Waals surface area contributed by atoms with Crippen LogP contribution in [0.2, 0.25) is 0 Å². The number of phenols is 1. The number of carbonyl (C=O) groups is 2. The Balaban J connectivity index is 1.81. The molecule has 2 aromatic carbocycles. The molecule has 9 heteroatoms. The van der Waals surface area contributed by atoms with Crippen LogP contribution in [0.15, 0.2) is 36.4 Å². The third-order valence-electron chi connectivity index (χ3n) is 4.90. The Labute approximate surface area is 167 Å². The average Bonchev–Trinajstić information content (AvgIpc) is 2.69. The summed E-state index contributed by atoms with van der Waals surface area (Å²) in [7, 11) is 0. The first-order valence-electron chi connectivity index (χ1n) is 9.16. The van der Waals surface area contributed by atoms with E-state index in [1.807, 2.05) is 11.8 Å². The van der Waals surface area contributed by atoms with Gasteiger partial charge in [0.25, 0.3) is 11.6 Å². The van der Waals surface area contributed by atoms with Crippen molar-refractivity contribution in [2.24, 2.45) is 0 Å². The number of anilines is 2. The summed E-state index contributed by atoms with van der Waals surface area (Å²) in [6.07, 6.45) is 0. The Morgan fingerprint density at radius 2 is 1.79 bits per heavy atom. The maximum absolute atomic E-state index is 12.5. The van der Waals surface area contributed by atoms with E-state index < -0.39 is 10.8 Å². The maximum Gasteiger partial charge on any atom is 0.293 e. The molecule has 1 heterocycles. The van der Waals surface area contributed by atoms with Crippen molar-refractivity contribution >= 4 is 28.9 Å². The van der Waals surface area contributed by atoms with E-state index in [9.17, 15) is 24.8 Å². The minimum Gasteiger partial charge on any atom is -0.506 e. The Bertz CT molecular complexity index is 967. The summed E-state index contributed by atoms with van der Waals surface area (Å²) in [5.74, 6) is -0.654. The fraction of sp³-hybridized carbons (Fsp3) is 0.300. The standard InChI is InChI=1S/C20H22N4O5/c1-13-3-5-16(19(26)11-13)21-20(27)15-4-6-17(18(12-15)24(28)29)23-9-7-22(8-10-23)14(2)25/h3-6,11-12,26H,7-10H2,1-2H3,(H,21,27). The summed E-state index contributed by atoms with van der Waals surface area (Å²) in [5.41, 5.74) is 1.41. The second-order valence-corrected chi connectivity index (χ2v) is 6.93. The molecule has 0 radical (unpaired) electrons. The summed E-state index contributed by atoms with van der Waals surface area (Å²) >= 11 is 0. The lowest BCUT2D eigenvalue weighted by molar-refractivity contribution is -0.384. The highest BCUT2D eigenvalue weighted by molar-refractivity contribution is 6.05. The van der Waals surface area contributed by atoms with Crippen LogP contribution >= 0.6 is 0 Å². The van der Waals surface area contributed by atoms with Gasteiger partial charge in [-0.3, -0.25) is 19.7 Å². The van der Waals surface area contributed by atoms with Gasteiger partial charge in [0, 0.05) is 44.7 Å². The molecular weight excluding hydrogens is 376 g/mol. The monoisotopic (exact) mass is 398 g/mol. The van der Waals surface area contributed by atoms with Crippen molar-refractivity contribution in [1.29, 1.82) is 0 Å². The van der Waals surface area contributed by atoms with Crippen molar-refractivity contribution in [2.75, 3.05) is 36.4 Å². The first kappa shape index (κ1) is 20.1. The normalized spacial score (nSPS) is 13.9. The summed E-state index contributed by atoms with van der Waals surface area (Å²) in [6, 6.07) is 9.11. The number of nitro benzene ring substituents is 1. The molecule has 1 aliphatic heterocycles. The molecule has 0 aliphatic carbocycles. The quantitative estimate of drug-likeness (QED) is 0.464. The van der Waals surface area contributed by atoms with Crippen LogP contribution in [0.25, 0.3) is 0 Å². The number of carbonyl (C=O) groups excluding carboxylic acids is 2. The van der Waals surface area contributed by atoms with Gasteiger partial charge in [0.15, 0.2) is 0 Å². The van der Waals surface area contributed by atoms with Crippen LogP contribution in [0.5, 0.6) is 5.75 Å². The zero-order chi connectivity index (χ0) is 21.1. The summed E-state index contributed by atoms with van der Waals surface area (Å²) in [4.78, 5) is 38.6. The van der Waals surface area contributed by atoms with Crippen molar-refractivity contribution in [3.8, 4) is 5.75 Å². The third kappa shape index (κ3) is 4.45. The molecule has 29 heavy (non-hydrogen) atoms. The van der Waals surface area contributed by atoms with Gasteiger partial charge < -0.3 is 20.2 Å². The smallest absolute Gasteiger partial charge is 0.293 e. The van der Waals surface area contributed by atoms with E-state index in [-0.39, 0.29) is 28.6 Å². The van der Waals surface area contributed by atoms with Gasteiger partial charge in [-0.2, -0.15) is 0 Å².